The highest BCUT2D eigenvalue weighted by atomic mass is 16.5. The van der Waals surface area contributed by atoms with Gasteiger partial charge in [-0.1, -0.05) is 13.8 Å². The first-order chi connectivity index (χ1) is 12.3. The van der Waals surface area contributed by atoms with Gasteiger partial charge in [-0.25, -0.2) is 0 Å². The van der Waals surface area contributed by atoms with Gasteiger partial charge in [0.25, 0.3) is 0 Å². The van der Waals surface area contributed by atoms with Crippen LogP contribution in [0.3, 0.4) is 0 Å². The second-order valence-electron chi connectivity index (χ2n) is 6.80. The summed E-state index contributed by atoms with van der Waals surface area (Å²) in [5, 5.41) is 13.3. The molecule has 0 aromatic heterocycles. The Morgan fingerprint density at radius 3 is 2.31 bits per heavy atom. The number of carbonyl (C=O) groups is 1. The molecule has 0 saturated carbocycles. The number of anilines is 1. The number of aromatic hydroxyl groups is 1. The number of nitrogens with one attached hydrogen (secondary N) is 1. The number of hydrogen-bond donors (Lipinski definition) is 2. The summed E-state index contributed by atoms with van der Waals surface area (Å²) < 4.78 is 5.80. The second kappa shape index (κ2) is 8.56. The normalized spacial score (nSPS) is 11.3. The fourth-order valence-corrected chi connectivity index (χ4v) is 2.61. The molecule has 2 rings (SSSR count). The standard InChI is InChI=1S/C22H27NO3/c1-14(2)19-12-17(22(13-21(19)25)26-15(3)4)8-11-20(24)16-6-9-18(23-5)10-7-16/h6-15,23,25H,1-5H3. The van der Waals surface area contributed by atoms with Gasteiger partial charge < -0.3 is 15.2 Å². The lowest BCUT2D eigenvalue weighted by molar-refractivity contribution is 0.104. The van der Waals surface area contributed by atoms with Crippen LogP contribution in [0.25, 0.3) is 6.08 Å². The summed E-state index contributed by atoms with van der Waals surface area (Å²) in [4.78, 5) is 12.4. The van der Waals surface area contributed by atoms with Gasteiger partial charge in [0, 0.05) is 29.9 Å². The van der Waals surface area contributed by atoms with E-state index < -0.39 is 0 Å². The maximum Gasteiger partial charge on any atom is 0.185 e. The molecule has 26 heavy (non-hydrogen) atoms. The lowest BCUT2D eigenvalue weighted by Crippen LogP contribution is -2.07. The first kappa shape index (κ1) is 19.6. The van der Waals surface area contributed by atoms with E-state index in [9.17, 15) is 9.90 Å². The molecule has 0 amide bonds. The van der Waals surface area contributed by atoms with Crippen molar-refractivity contribution in [3.63, 3.8) is 0 Å². The molecule has 4 nitrogen and oxygen atoms in total. The van der Waals surface area contributed by atoms with Crippen molar-refractivity contribution in [2.24, 2.45) is 0 Å². The second-order valence-corrected chi connectivity index (χ2v) is 6.80. The van der Waals surface area contributed by atoms with Crippen LogP contribution < -0.4 is 10.1 Å². The van der Waals surface area contributed by atoms with Crippen molar-refractivity contribution in [2.45, 2.75) is 39.7 Å². The minimum atomic E-state index is -0.0812. The van der Waals surface area contributed by atoms with Crippen molar-refractivity contribution < 1.29 is 14.6 Å². The lowest BCUT2D eigenvalue weighted by atomic mass is 9.98. The zero-order chi connectivity index (χ0) is 19.3. The molecule has 0 fully saturated rings. The van der Waals surface area contributed by atoms with Crippen LogP contribution >= 0.6 is 0 Å². The fraction of sp³-hybridized carbons (Fsp3) is 0.318. The lowest BCUT2D eigenvalue weighted by Gasteiger charge is -2.16. The molecule has 0 aliphatic carbocycles. The molecule has 0 atom stereocenters. The molecule has 2 N–H and O–H groups in total. The van der Waals surface area contributed by atoms with Crippen LogP contribution in [0.5, 0.6) is 11.5 Å². The summed E-state index contributed by atoms with van der Waals surface area (Å²) >= 11 is 0. The SMILES string of the molecule is CNc1ccc(C(=O)C=Cc2cc(C(C)C)c(O)cc2OC(C)C)cc1. The summed E-state index contributed by atoms with van der Waals surface area (Å²) in [5.41, 5.74) is 3.18. The van der Waals surface area contributed by atoms with E-state index in [2.05, 4.69) is 5.32 Å². The van der Waals surface area contributed by atoms with Gasteiger partial charge >= 0.3 is 0 Å². The smallest absolute Gasteiger partial charge is 0.185 e. The van der Waals surface area contributed by atoms with Crippen LogP contribution in [0.2, 0.25) is 0 Å². The summed E-state index contributed by atoms with van der Waals surface area (Å²) in [7, 11) is 1.84. The molecule has 0 saturated heterocycles. The van der Waals surface area contributed by atoms with E-state index in [0.717, 1.165) is 16.8 Å². The van der Waals surface area contributed by atoms with Crippen LogP contribution in [-0.2, 0) is 0 Å². The molecule has 0 heterocycles. The Hall–Kier alpha value is -2.75. The summed E-state index contributed by atoms with van der Waals surface area (Å²) in [6, 6.07) is 10.8. The molecular formula is C22H27NO3. The maximum absolute atomic E-state index is 12.4. The monoisotopic (exact) mass is 353 g/mol. The highest BCUT2D eigenvalue weighted by molar-refractivity contribution is 6.07. The molecule has 0 bridgehead atoms. The van der Waals surface area contributed by atoms with Crippen LogP contribution in [0.1, 0.15) is 55.1 Å². The highest BCUT2D eigenvalue weighted by Gasteiger charge is 2.13. The Morgan fingerprint density at radius 2 is 1.77 bits per heavy atom. The van der Waals surface area contributed by atoms with Gasteiger partial charge in [0.2, 0.25) is 0 Å². The number of phenolic OH excluding ortho intramolecular Hbond substituents is 1. The van der Waals surface area contributed by atoms with Crippen LogP contribution in [-0.4, -0.2) is 24.0 Å². The van der Waals surface area contributed by atoms with E-state index in [4.69, 9.17) is 4.74 Å². The number of ether oxygens (including phenoxy) is 1. The van der Waals surface area contributed by atoms with Gasteiger partial charge in [0.05, 0.1) is 6.10 Å². The summed E-state index contributed by atoms with van der Waals surface area (Å²) in [6.07, 6.45) is 3.26. The zero-order valence-electron chi connectivity index (χ0n) is 16.0. The Labute approximate surface area is 155 Å². The van der Waals surface area contributed by atoms with Crippen LogP contribution in [0.15, 0.2) is 42.5 Å². The number of benzene rings is 2. The van der Waals surface area contributed by atoms with Crippen LogP contribution in [0.4, 0.5) is 5.69 Å². The Balaban J connectivity index is 2.33. The summed E-state index contributed by atoms with van der Waals surface area (Å²) in [6.45, 7) is 7.88. The van der Waals surface area contributed by atoms with Crippen molar-refractivity contribution in [3.05, 3.63) is 59.2 Å². The van der Waals surface area contributed by atoms with Gasteiger partial charge in [0.1, 0.15) is 11.5 Å². The molecule has 4 heteroatoms. The van der Waals surface area contributed by atoms with E-state index in [1.54, 1.807) is 24.3 Å². The Morgan fingerprint density at radius 1 is 1.12 bits per heavy atom. The molecule has 0 spiro atoms. The average Bonchev–Trinajstić information content (AvgIpc) is 2.60. The van der Waals surface area contributed by atoms with Crippen molar-refractivity contribution in [1.82, 2.24) is 0 Å². The number of hydrogen-bond acceptors (Lipinski definition) is 4. The van der Waals surface area contributed by atoms with Gasteiger partial charge in [-0.2, -0.15) is 0 Å². The largest absolute Gasteiger partial charge is 0.508 e. The highest BCUT2D eigenvalue weighted by Crippen LogP contribution is 2.34. The zero-order valence-corrected chi connectivity index (χ0v) is 16.0. The molecule has 0 radical (unpaired) electrons. The third kappa shape index (κ3) is 4.88. The van der Waals surface area contributed by atoms with E-state index in [1.807, 2.05) is 52.9 Å². The molecule has 138 valence electrons. The molecule has 0 aliphatic heterocycles. The van der Waals surface area contributed by atoms with Gasteiger partial charge in [-0.15, -0.1) is 0 Å². The van der Waals surface area contributed by atoms with E-state index in [-0.39, 0.29) is 23.6 Å². The Kier molecular flexibility index (Phi) is 6.45. The van der Waals surface area contributed by atoms with Crippen molar-refractivity contribution in [3.8, 4) is 11.5 Å². The summed E-state index contributed by atoms with van der Waals surface area (Å²) in [5.74, 6) is 0.862. The maximum atomic E-state index is 12.4. The number of allylic oxidation sites excluding steroid dienone is 1. The quantitative estimate of drug-likeness (QED) is 0.528. The predicted molar refractivity (Wildman–Crippen MR) is 107 cm³/mol. The molecule has 0 unspecified atom stereocenters. The number of phenols is 1. The van der Waals surface area contributed by atoms with E-state index in [1.165, 1.54) is 6.08 Å². The fourth-order valence-electron chi connectivity index (χ4n) is 2.61. The minimum absolute atomic E-state index is 0.0313. The van der Waals surface area contributed by atoms with Gasteiger partial charge in [-0.05, 0) is 67.8 Å². The predicted octanol–water partition coefficient (Wildman–Crippen LogP) is 5.24. The molecule has 2 aromatic rings. The average molecular weight is 353 g/mol. The van der Waals surface area contributed by atoms with E-state index in [0.29, 0.717) is 11.3 Å². The first-order valence-corrected chi connectivity index (χ1v) is 8.85. The third-order valence-electron chi connectivity index (χ3n) is 4.02. The van der Waals surface area contributed by atoms with Gasteiger partial charge in [-0.3, -0.25) is 4.79 Å². The molecular weight excluding hydrogens is 326 g/mol. The van der Waals surface area contributed by atoms with Crippen molar-refractivity contribution in [1.29, 1.82) is 0 Å². The number of rotatable bonds is 7. The van der Waals surface area contributed by atoms with E-state index >= 15 is 0 Å². The molecule has 2 aromatic carbocycles. The molecule has 0 aliphatic rings. The minimum Gasteiger partial charge on any atom is -0.508 e. The number of ketones is 1. The van der Waals surface area contributed by atoms with Gasteiger partial charge in [0.15, 0.2) is 5.78 Å². The van der Waals surface area contributed by atoms with Crippen molar-refractivity contribution >= 4 is 17.5 Å². The topological polar surface area (TPSA) is 58.6 Å². The first-order valence-electron chi connectivity index (χ1n) is 8.85. The number of carbonyl (C=O) groups excluding carboxylic acids is 1. The third-order valence-corrected chi connectivity index (χ3v) is 4.02. The van der Waals surface area contributed by atoms with Crippen LogP contribution in [0, 0.1) is 0 Å². The van der Waals surface area contributed by atoms with Crippen molar-refractivity contribution in [2.75, 3.05) is 12.4 Å². The Bertz CT molecular complexity index is 790.